The monoisotopic (exact) mass is 395 g/mol. The molecule has 0 amide bonds. The third kappa shape index (κ3) is 7.92. The highest BCUT2D eigenvalue weighted by Gasteiger charge is 2.25. The second-order valence-corrected chi connectivity index (χ2v) is 9.53. The molecule has 154 valence electrons. The second kappa shape index (κ2) is 12.5. The molecule has 0 aromatic heterocycles. The fourth-order valence-corrected chi connectivity index (χ4v) is 4.99. The highest BCUT2D eigenvalue weighted by molar-refractivity contribution is 7.89. The van der Waals surface area contributed by atoms with E-state index in [0.29, 0.717) is 31.2 Å². The van der Waals surface area contributed by atoms with Gasteiger partial charge in [-0.1, -0.05) is 76.8 Å². The van der Waals surface area contributed by atoms with Gasteiger partial charge in [0.2, 0.25) is 10.0 Å². The largest absolute Gasteiger partial charge is 0.379 e. The van der Waals surface area contributed by atoms with Crippen LogP contribution >= 0.6 is 0 Å². The summed E-state index contributed by atoms with van der Waals surface area (Å²) in [6.45, 7) is 4.12. The molecule has 1 aromatic carbocycles. The number of morpholine rings is 1. The Morgan fingerprint density at radius 3 is 1.89 bits per heavy atom. The van der Waals surface area contributed by atoms with E-state index in [1.165, 1.54) is 74.1 Å². The summed E-state index contributed by atoms with van der Waals surface area (Å²) in [5.41, 5.74) is 1.23. The third-order valence-electron chi connectivity index (χ3n) is 5.35. The van der Waals surface area contributed by atoms with Crippen molar-refractivity contribution < 1.29 is 13.2 Å². The van der Waals surface area contributed by atoms with Crippen LogP contribution < -0.4 is 0 Å². The highest BCUT2D eigenvalue weighted by Crippen LogP contribution is 2.19. The smallest absolute Gasteiger partial charge is 0.243 e. The Hall–Kier alpha value is -0.910. The zero-order valence-corrected chi connectivity index (χ0v) is 17.8. The van der Waals surface area contributed by atoms with Crippen LogP contribution in [0.3, 0.4) is 0 Å². The first-order chi connectivity index (χ1) is 13.1. The molecular formula is C22H37NO3S. The molecule has 0 spiro atoms. The van der Waals surface area contributed by atoms with Crippen LogP contribution in [0.15, 0.2) is 29.2 Å². The van der Waals surface area contributed by atoms with Crippen LogP contribution in [-0.2, 0) is 21.2 Å². The predicted octanol–water partition coefficient (Wildman–Crippen LogP) is 5.17. The van der Waals surface area contributed by atoms with Gasteiger partial charge in [0.15, 0.2) is 0 Å². The van der Waals surface area contributed by atoms with Crippen LogP contribution in [0.5, 0.6) is 0 Å². The van der Waals surface area contributed by atoms with Gasteiger partial charge in [-0.05, 0) is 30.5 Å². The molecule has 0 radical (unpaired) electrons. The quantitative estimate of drug-likeness (QED) is 0.433. The number of aryl methyl sites for hydroxylation is 1. The number of unbranched alkanes of at least 4 members (excludes halogenated alkanes) is 9. The van der Waals surface area contributed by atoms with E-state index in [-0.39, 0.29) is 0 Å². The molecule has 1 heterocycles. The number of rotatable bonds is 13. The van der Waals surface area contributed by atoms with Crippen molar-refractivity contribution in [2.75, 3.05) is 26.3 Å². The normalized spacial score (nSPS) is 15.9. The first-order valence-corrected chi connectivity index (χ1v) is 12.3. The van der Waals surface area contributed by atoms with Gasteiger partial charge in [-0.2, -0.15) is 4.31 Å². The standard InChI is InChI=1S/C22H37NO3S/c1-2-3-4-5-6-7-8-9-10-11-12-21-13-15-22(16-14-21)27(24,25)23-17-19-26-20-18-23/h13-16H,2-12,17-20H2,1H3. The minimum atomic E-state index is -3.37. The number of hydrogen-bond acceptors (Lipinski definition) is 3. The minimum Gasteiger partial charge on any atom is -0.379 e. The molecule has 1 aliphatic heterocycles. The fourth-order valence-electron chi connectivity index (χ4n) is 3.58. The van der Waals surface area contributed by atoms with Crippen molar-refractivity contribution in [2.45, 2.75) is 82.4 Å². The summed E-state index contributed by atoms with van der Waals surface area (Å²) >= 11 is 0. The summed E-state index contributed by atoms with van der Waals surface area (Å²) in [4.78, 5) is 0.399. The van der Waals surface area contributed by atoms with E-state index < -0.39 is 10.0 Å². The molecule has 27 heavy (non-hydrogen) atoms. The lowest BCUT2D eigenvalue weighted by molar-refractivity contribution is 0.0730. The third-order valence-corrected chi connectivity index (χ3v) is 7.26. The van der Waals surface area contributed by atoms with Gasteiger partial charge in [0.05, 0.1) is 18.1 Å². The van der Waals surface area contributed by atoms with Gasteiger partial charge in [-0.25, -0.2) is 8.42 Å². The van der Waals surface area contributed by atoms with Crippen LogP contribution in [0.1, 0.15) is 76.7 Å². The maximum absolute atomic E-state index is 12.6. The lowest BCUT2D eigenvalue weighted by atomic mass is 10.0. The lowest BCUT2D eigenvalue weighted by Gasteiger charge is -2.26. The van der Waals surface area contributed by atoms with Crippen molar-refractivity contribution >= 4 is 10.0 Å². The predicted molar refractivity (Wildman–Crippen MR) is 112 cm³/mol. The maximum Gasteiger partial charge on any atom is 0.243 e. The first kappa shape index (κ1) is 22.4. The number of hydrogen-bond donors (Lipinski definition) is 0. The molecular weight excluding hydrogens is 358 g/mol. The van der Waals surface area contributed by atoms with Crippen LogP contribution in [0.25, 0.3) is 0 Å². The van der Waals surface area contributed by atoms with E-state index in [1.807, 2.05) is 12.1 Å². The van der Waals surface area contributed by atoms with Crippen molar-refractivity contribution in [3.63, 3.8) is 0 Å². The van der Waals surface area contributed by atoms with Gasteiger partial charge in [-0.15, -0.1) is 0 Å². The molecule has 1 fully saturated rings. The molecule has 0 bridgehead atoms. The molecule has 4 nitrogen and oxygen atoms in total. The van der Waals surface area contributed by atoms with Crippen molar-refractivity contribution in [3.8, 4) is 0 Å². The number of sulfonamides is 1. The molecule has 5 heteroatoms. The average Bonchev–Trinajstić information content (AvgIpc) is 2.70. The van der Waals surface area contributed by atoms with E-state index in [4.69, 9.17) is 4.74 Å². The SMILES string of the molecule is CCCCCCCCCCCCc1ccc(S(=O)(=O)N2CCOCC2)cc1. The van der Waals surface area contributed by atoms with Gasteiger partial charge in [0.1, 0.15) is 0 Å². The Morgan fingerprint density at radius 2 is 1.33 bits per heavy atom. The molecule has 2 rings (SSSR count). The van der Waals surface area contributed by atoms with Gasteiger partial charge >= 0.3 is 0 Å². The summed E-state index contributed by atoms with van der Waals surface area (Å²) in [7, 11) is -3.37. The Labute approximate surface area is 166 Å². The average molecular weight is 396 g/mol. The number of nitrogens with zero attached hydrogens (tertiary/aromatic N) is 1. The van der Waals surface area contributed by atoms with Crippen LogP contribution in [0.2, 0.25) is 0 Å². The summed E-state index contributed by atoms with van der Waals surface area (Å²) in [6, 6.07) is 7.47. The van der Waals surface area contributed by atoms with E-state index in [1.54, 1.807) is 12.1 Å². The molecule has 1 saturated heterocycles. The van der Waals surface area contributed by atoms with Gasteiger partial charge in [-0.3, -0.25) is 0 Å². The molecule has 0 aliphatic carbocycles. The van der Waals surface area contributed by atoms with E-state index in [0.717, 1.165) is 6.42 Å². The van der Waals surface area contributed by atoms with E-state index in [2.05, 4.69) is 6.92 Å². The molecule has 1 aromatic rings. The minimum absolute atomic E-state index is 0.399. The Morgan fingerprint density at radius 1 is 0.815 bits per heavy atom. The Bertz CT molecular complexity index is 607. The molecule has 0 atom stereocenters. The second-order valence-electron chi connectivity index (χ2n) is 7.59. The number of benzene rings is 1. The van der Waals surface area contributed by atoms with E-state index in [9.17, 15) is 8.42 Å². The maximum atomic E-state index is 12.6. The summed E-state index contributed by atoms with van der Waals surface area (Å²) in [5.74, 6) is 0. The summed E-state index contributed by atoms with van der Waals surface area (Å²) in [6.07, 6.45) is 14.4. The highest BCUT2D eigenvalue weighted by atomic mass is 32.2. The van der Waals surface area contributed by atoms with Crippen molar-refractivity contribution in [3.05, 3.63) is 29.8 Å². The Balaban J connectivity index is 1.63. The van der Waals surface area contributed by atoms with Gasteiger partial charge in [0, 0.05) is 13.1 Å². The summed E-state index contributed by atoms with van der Waals surface area (Å²) < 4.78 is 32.0. The molecule has 0 unspecified atom stereocenters. The molecule has 0 N–H and O–H groups in total. The van der Waals surface area contributed by atoms with E-state index >= 15 is 0 Å². The van der Waals surface area contributed by atoms with Crippen molar-refractivity contribution in [1.29, 1.82) is 0 Å². The van der Waals surface area contributed by atoms with Crippen LogP contribution in [0.4, 0.5) is 0 Å². The topological polar surface area (TPSA) is 46.6 Å². The fraction of sp³-hybridized carbons (Fsp3) is 0.727. The zero-order chi connectivity index (χ0) is 19.4. The Kier molecular flexibility index (Phi) is 10.4. The van der Waals surface area contributed by atoms with Crippen molar-refractivity contribution in [1.82, 2.24) is 4.31 Å². The first-order valence-electron chi connectivity index (χ1n) is 10.8. The molecule has 0 saturated carbocycles. The van der Waals surface area contributed by atoms with Gasteiger partial charge in [0.25, 0.3) is 0 Å². The van der Waals surface area contributed by atoms with Crippen LogP contribution in [0, 0.1) is 0 Å². The summed E-state index contributed by atoms with van der Waals surface area (Å²) in [5, 5.41) is 0. The lowest BCUT2D eigenvalue weighted by Crippen LogP contribution is -2.40. The number of ether oxygens (including phenoxy) is 1. The molecule has 1 aliphatic rings. The van der Waals surface area contributed by atoms with Crippen molar-refractivity contribution in [2.24, 2.45) is 0 Å². The van der Waals surface area contributed by atoms with Gasteiger partial charge < -0.3 is 4.74 Å². The zero-order valence-electron chi connectivity index (χ0n) is 17.0. The van der Waals surface area contributed by atoms with Crippen LogP contribution in [-0.4, -0.2) is 39.0 Å².